The molecule has 0 radical (unpaired) electrons. The normalized spacial score (nSPS) is 12.5. The van der Waals surface area contributed by atoms with Gasteiger partial charge < -0.3 is 0 Å². The Morgan fingerprint density at radius 1 is 1.15 bits per heavy atom. The summed E-state index contributed by atoms with van der Waals surface area (Å²) in [5.41, 5.74) is 1.40. The Bertz CT molecular complexity index is 762. The SMILES string of the molecule is CC(C(=O)c1ccc(F)cc1)n1ncc2ccccc21. The van der Waals surface area contributed by atoms with E-state index in [1.54, 1.807) is 17.8 Å². The number of carbonyl (C=O) groups is 1. The zero-order valence-electron chi connectivity index (χ0n) is 11.0. The predicted molar refractivity (Wildman–Crippen MR) is 75.2 cm³/mol. The van der Waals surface area contributed by atoms with E-state index in [4.69, 9.17) is 0 Å². The highest BCUT2D eigenvalue weighted by atomic mass is 19.1. The van der Waals surface area contributed by atoms with Crippen molar-refractivity contribution in [2.45, 2.75) is 13.0 Å². The van der Waals surface area contributed by atoms with Gasteiger partial charge in [0.25, 0.3) is 0 Å². The quantitative estimate of drug-likeness (QED) is 0.680. The highest BCUT2D eigenvalue weighted by Crippen LogP contribution is 2.20. The van der Waals surface area contributed by atoms with Crippen LogP contribution in [0.3, 0.4) is 0 Å². The van der Waals surface area contributed by atoms with Crippen molar-refractivity contribution in [3.8, 4) is 0 Å². The lowest BCUT2D eigenvalue weighted by Crippen LogP contribution is -2.17. The number of benzene rings is 2. The summed E-state index contributed by atoms with van der Waals surface area (Å²) in [6, 6.07) is 12.9. The minimum Gasteiger partial charge on any atom is -0.292 e. The van der Waals surface area contributed by atoms with Crippen LogP contribution in [0.1, 0.15) is 23.3 Å². The van der Waals surface area contributed by atoms with Crippen LogP contribution in [0.25, 0.3) is 10.9 Å². The number of hydrogen-bond donors (Lipinski definition) is 0. The number of hydrogen-bond acceptors (Lipinski definition) is 2. The summed E-state index contributed by atoms with van der Waals surface area (Å²) in [4.78, 5) is 12.4. The van der Waals surface area contributed by atoms with Gasteiger partial charge in [0.05, 0.1) is 11.7 Å². The van der Waals surface area contributed by atoms with Gasteiger partial charge in [-0.3, -0.25) is 9.48 Å². The number of Topliss-reactive ketones (excluding diaryl/α,β-unsaturated/α-hetero) is 1. The predicted octanol–water partition coefficient (Wildman–Crippen LogP) is 3.62. The fourth-order valence-electron chi connectivity index (χ4n) is 2.27. The Balaban J connectivity index is 1.97. The van der Waals surface area contributed by atoms with E-state index in [0.717, 1.165) is 10.9 Å². The van der Waals surface area contributed by atoms with Gasteiger partial charge in [-0.1, -0.05) is 18.2 Å². The van der Waals surface area contributed by atoms with Crippen molar-refractivity contribution < 1.29 is 9.18 Å². The molecule has 3 nitrogen and oxygen atoms in total. The first kappa shape index (κ1) is 12.5. The zero-order valence-corrected chi connectivity index (χ0v) is 11.0. The lowest BCUT2D eigenvalue weighted by Gasteiger charge is -2.12. The Morgan fingerprint density at radius 2 is 1.85 bits per heavy atom. The second kappa shape index (κ2) is 4.89. The number of fused-ring (bicyclic) bond motifs is 1. The third-order valence-corrected chi connectivity index (χ3v) is 3.38. The molecule has 4 heteroatoms. The number of ketones is 1. The van der Waals surface area contributed by atoms with Gasteiger partial charge in [0.15, 0.2) is 5.78 Å². The summed E-state index contributed by atoms with van der Waals surface area (Å²) in [5.74, 6) is -0.433. The van der Waals surface area contributed by atoms with E-state index in [0.29, 0.717) is 5.56 Å². The molecule has 1 atom stereocenters. The van der Waals surface area contributed by atoms with Crippen molar-refractivity contribution in [3.05, 3.63) is 66.1 Å². The first-order chi connectivity index (χ1) is 9.66. The average molecular weight is 268 g/mol. The van der Waals surface area contributed by atoms with Gasteiger partial charge in [0, 0.05) is 10.9 Å². The van der Waals surface area contributed by atoms with Gasteiger partial charge in [0.2, 0.25) is 0 Å². The molecule has 0 aliphatic heterocycles. The minimum absolute atomic E-state index is 0.0844. The molecular weight excluding hydrogens is 255 g/mol. The van der Waals surface area contributed by atoms with Crippen LogP contribution < -0.4 is 0 Å². The Labute approximate surface area is 115 Å². The Kier molecular flexibility index (Phi) is 3.06. The standard InChI is InChI=1S/C16H13FN2O/c1-11(16(20)12-6-8-14(17)9-7-12)19-15-5-3-2-4-13(15)10-18-19/h2-11H,1H3. The molecule has 0 saturated heterocycles. The maximum Gasteiger partial charge on any atom is 0.187 e. The summed E-state index contributed by atoms with van der Waals surface area (Å²) in [7, 11) is 0. The van der Waals surface area contributed by atoms with E-state index < -0.39 is 6.04 Å². The molecule has 3 aromatic rings. The van der Waals surface area contributed by atoms with Gasteiger partial charge in [-0.15, -0.1) is 0 Å². The fourth-order valence-corrected chi connectivity index (χ4v) is 2.27. The molecule has 0 N–H and O–H groups in total. The van der Waals surface area contributed by atoms with E-state index in [9.17, 15) is 9.18 Å². The summed E-state index contributed by atoms with van der Waals surface area (Å²) >= 11 is 0. The van der Waals surface area contributed by atoms with Crippen LogP contribution in [0.15, 0.2) is 54.7 Å². The summed E-state index contributed by atoms with van der Waals surface area (Å²) < 4.78 is 14.6. The van der Waals surface area contributed by atoms with Crippen LogP contribution in [-0.4, -0.2) is 15.6 Å². The summed E-state index contributed by atoms with van der Waals surface area (Å²) in [6.45, 7) is 1.80. The highest BCUT2D eigenvalue weighted by Gasteiger charge is 2.19. The first-order valence-corrected chi connectivity index (χ1v) is 6.39. The monoisotopic (exact) mass is 268 g/mol. The second-order valence-electron chi connectivity index (χ2n) is 4.70. The Morgan fingerprint density at radius 3 is 2.60 bits per heavy atom. The fraction of sp³-hybridized carbons (Fsp3) is 0.125. The van der Waals surface area contributed by atoms with E-state index >= 15 is 0 Å². The number of aromatic nitrogens is 2. The maximum absolute atomic E-state index is 12.9. The smallest absolute Gasteiger partial charge is 0.187 e. The molecule has 0 fully saturated rings. The zero-order chi connectivity index (χ0) is 14.1. The number of para-hydroxylation sites is 1. The van der Waals surface area contributed by atoms with Crippen molar-refractivity contribution in [1.29, 1.82) is 0 Å². The van der Waals surface area contributed by atoms with Crippen molar-refractivity contribution >= 4 is 16.7 Å². The first-order valence-electron chi connectivity index (χ1n) is 6.39. The van der Waals surface area contributed by atoms with Crippen LogP contribution in [0, 0.1) is 5.82 Å². The second-order valence-corrected chi connectivity index (χ2v) is 4.70. The molecule has 20 heavy (non-hydrogen) atoms. The molecule has 1 unspecified atom stereocenters. The van der Waals surface area contributed by atoms with Crippen molar-refractivity contribution in [3.63, 3.8) is 0 Å². The average Bonchev–Trinajstić information content (AvgIpc) is 2.90. The summed E-state index contributed by atoms with van der Waals surface area (Å²) in [5, 5.41) is 5.27. The molecule has 0 amide bonds. The largest absolute Gasteiger partial charge is 0.292 e. The van der Waals surface area contributed by atoms with Crippen LogP contribution in [0.4, 0.5) is 4.39 Å². The topological polar surface area (TPSA) is 34.9 Å². The number of rotatable bonds is 3. The van der Waals surface area contributed by atoms with E-state index in [-0.39, 0.29) is 11.6 Å². The molecule has 1 heterocycles. The molecule has 100 valence electrons. The van der Waals surface area contributed by atoms with E-state index in [2.05, 4.69) is 5.10 Å². The molecule has 2 aromatic carbocycles. The third-order valence-electron chi connectivity index (χ3n) is 3.38. The van der Waals surface area contributed by atoms with Crippen LogP contribution in [-0.2, 0) is 0 Å². The minimum atomic E-state index is -0.430. The third kappa shape index (κ3) is 2.09. The van der Waals surface area contributed by atoms with Crippen molar-refractivity contribution in [2.24, 2.45) is 0 Å². The maximum atomic E-state index is 12.9. The number of halogens is 1. The summed E-state index contributed by atoms with van der Waals surface area (Å²) in [6.07, 6.45) is 1.74. The Hall–Kier alpha value is -2.49. The van der Waals surface area contributed by atoms with Crippen LogP contribution >= 0.6 is 0 Å². The van der Waals surface area contributed by atoms with Gasteiger partial charge in [-0.25, -0.2) is 4.39 Å². The number of carbonyl (C=O) groups excluding carboxylic acids is 1. The molecule has 0 aliphatic rings. The van der Waals surface area contributed by atoms with Gasteiger partial charge in [-0.05, 0) is 37.3 Å². The molecule has 3 rings (SSSR count). The van der Waals surface area contributed by atoms with Gasteiger partial charge in [-0.2, -0.15) is 5.10 Å². The molecule has 0 bridgehead atoms. The number of nitrogens with zero attached hydrogens (tertiary/aromatic N) is 2. The lowest BCUT2D eigenvalue weighted by molar-refractivity contribution is 0.0930. The highest BCUT2D eigenvalue weighted by molar-refractivity contribution is 5.99. The molecule has 0 spiro atoms. The molecular formula is C16H13FN2O. The van der Waals surface area contributed by atoms with Crippen LogP contribution in [0.5, 0.6) is 0 Å². The van der Waals surface area contributed by atoms with Crippen LogP contribution in [0.2, 0.25) is 0 Å². The lowest BCUT2D eigenvalue weighted by atomic mass is 10.1. The molecule has 0 saturated carbocycles. The van der Waals surface area contributed by atoms with Gasteiger partial charge >= 0.3 is 0 Å². The van der Waals surface area contributed by atoms with E-state index in [1.807, 2.05) is 24.3 Å². The van der Waals surface area contributed by atoms with Crippen molar-refractivity contribution in [1.82, 2.24) is 9.78 Å². The molecule has 0 aliphatic carbocycles. The van der Waals surface area contributed by atoms with Gasteiger partial charge in [0.1, 0.15) is 11.9 Å². The van der Waals surface area contributed by atoms with Crippen molar-refractivity contribution in [2.75, 3.05) is 0 Å². The van der Waals surface area contributed by atoms with E-state index in [1.165, 1.54) is 24.3 Å². The molecule has 1 aromatic heterocycles.